The lowest BCUT2D eigenvalue weighted by Gasteiger charge is -2.27. The Labute approximate surface area is 203 Å². The van der Waals surface area contributed by atoms with E-state index in [1.807, 2.05) is 36.4 Å². The Bertz CT molecular complexity index is 898. The summed E-state index contributed by atoms with van der Waals surface area (Å²) in [5.74, 6) is -0.259. The van der Waals surface area contributed by atoms with E-state index in [-0.39, 0.29) is 24.7 Å². The highest BCUT2D eigenvalue weighted by Gasteiger charge is 2.21. The van der Waals surface area contributed by atoms with Crippen LogP contribution in [0.3, 0.4) is 0 Å². The molecule has 0 fully saturated rings. The molecule has 0 spiro atoms. The van der Waals surface area contributed by atoms with E-state index in [4.69, 9.17) is 9.42 Å². The third-order valence-electron chi connectivity index (χ3n) is 5.29. The average molecular weight is 489 g/mol. The standard InChI is InChI=1S/C25H33N2O4PS/c1-3-20-13-14-21-11-7-8-12-22(21)19-27(23(20)4-2)25(29)16-15-24(28)26-17-9-5-6-10-18-31-32(30)33/h3-4,7-8,11-14,30,33H,1-2,5-6,9-10,15-19H2,(H,26,28)/b14-13-,23-20-. The van der Waals surface area contributed by atoms with Crippen molar-refractivity contribution in [1.82, 2.24) is 10.2 Å². The van der Waals surface area contributed by atoms with Crippen LogP contribution in [0.5, 0.6) is 0 Å². The number of benzene rings is 1. The average Bonchev–Trinajstić information content (AvgIpc) is 2.79. The molecule has 1 aliphatic heterocycles. The Kier molecular flexibility index (Phi) is 12.2. The van der Waals surface area contributed by atoms with E-state index in [2.05, 4.69) is 30.7 Å². The van der Waals surface area contributed by atoms with Gasteiger partial charge in [0.1, 0.15) is 0 Å². The minimum atomic E-state index is -1.58. The molecule has 1 unspecified atom stereocenters. The van der Waals surface area contributed by atoms with Crippen LogP contribution in [0.15, 0.2) is 66.9 Å². The molecule has 2 amide bonds. The molecule has 6 nitrogen and oxygen atoms in total. The Balaban J connectivity index is 1.85. The number of nitrogens with zero attached hydrogens (tertiary/aromatic N) is 1. The number of amides is 2. The SMILES string of the molecule is C=CC1=C(\C=C)N(C(=O)CCC(=O)NCCCCCCOP(O)S)Cc2ccccc2/C=C\1. The fraction of sp³-hybridized carbons (Fsp3) is 0.360. The number of carbonyl (C=O) groups excluding carboxylic acids is 2. The molecule has 2 N–H and O–H groups in total. The zero-order valence-corrected chi connectivity index (χ0v) is 20.7. The number of thiol groups is 1. The molecule has 1 heterocycles. The number of allylic oxidation sites excluding steroid dienone is 4. The number of unbranched alkanes of at least 4 members (excludes halogenated alkanes) is 3. The summed E-state index contributed by atoms with van der Waals surface area (Å²) in [5, 5.41) is 2.88. The minimum absolute atomic E-state index is 0.116. The van der Waals surface area contributed by atoms with Crippen LogP contribution in [-0.2, 0) is 20.7 Å². The van der Waals surface area contributed by atoms with Crippen LogP contribution in [0.1, 0.15) is 49.7 Å². The van der Waals surface area contributed by atoms with Crippen LogP contribution in [0.25, 0.3) is 6.08 Å². The summed E-state index contributed by atoms with van der Waals surface area (Å²) in [6.07, 6.45) is 11.2. The van der Waals surface area contributed by atoms with E-state index in [1.54, 1.807) is 17.1 Å². The number of hydrogen-bond donors (Lipinski definition) is 3. The molecule has 33 heavy (non-hydrogen) atoms. The van der Waals surface area contributed by atoms with E-state index in [0.29, 0.717) is 25.4 Å². The maximum Gasteiger partial charge on any atom is 0.232 e. The summed E-state index contributed by atoms with van der Waals surface area (Å²) in [6.45, 7) is 9.24. The third kappa shape index (κ3) is 9.30. The van der Waals surface area contributed by atoms with E-state index < -0.39 is 7.58 Å². The van der Waals surface area contributed by atoms with Crippen molar-refractivity contribution in [1.29, 1.82) is 0 Å². The van der Waals surface area contributed by atoms with Crippen molar-refractivity contribution in [3.05, 3.63) is 78.0 Å². The van der Waals surface area contributed by atoms with E-state index in [1.165, 1.54) is 0 Å². The number of nitrogens with one attached hydrogen (secondary N) is 1. The second-order valence-corrected chi connectivity index (χ2v) is 9.40. The summed E-state index contributed by atoms with van der Waals surface area (Å²) < 4.78 is 5.01. The lowest BCUT2D eigenvalue weighted by Crippen LogP contribution is -2.32. The van der Waals surface area contributed by atoms with E-state index in [9.17, 15) is 9.59 Å². The first kappa shape index (κ1) is 27.1. The first-order valence-electron chi connectivity index (χ1n) is 11.1. The molecule has 2 rings (SSSR count). The fourth-order valence-electron chi connectivity index (χ4n) is 3.54. The molecule has 0 bridgehead atoms. The molecule has 0 saturated heterocycles. The number of fused-ring (bicyclic) bond motifs is 1. The quantitative estimate of drug-likeness (QED) is 0.200. The van der Waals surface area contributed by atoms with Gasteiger partial charge in [-0.1, -0.05) is 80.7 Å². The molecule has 1 aromatic rings. The molecule has 1 aromatic carbocycles. The summed E-state index contributed by atoms with van der Waals surface area (Å²) in [5.41, 5.74) is 3.58. The molecule has 0 aromatic heterocycles. The van der Waals surface area contributed by atoms with Crippen molar-refractivity contribution >= 4 is 37.7 Å². The third-order valence-corrected chi connectivity index (χ3v) is 6.05. The van der Waals surface area contributed by atoms with Gasteiger partial charge in [-0.15, -0.1) is 0 Å². The van der Waals surface area contributed by atoms with Gasteiger partial charge in [-0.2, -0.15) is 0 Å². The van der Waals surface area contributed by atoms with Crippen LogP contribution in [0, 0.1) is 0 Å². The molecule has 0 radical (unpaired) electrons. The monoisotopic (exact) mass is 488 g/mol. The first-order chi connectivity index (χ1) is 16.0. The second kappa shape index (κ2) is 14.9. The fourth-order valence-corrected chi connectivity index (χ4v) is 4.08. The second-order valence-electron chi connectivity index (χ2n) is 7.61. The Morgan fingerprint density at radius 1 is 1.12 bits per heavy atom. The highest BCUT2D eigenvalue weighted by Crippen LogP contribution is 2.36. The molecule has 0 aliphatic carbocycles. The van der Waals surface area contributed by atoms with Gasteiger partial charge in [0.05, 0.1) is 18.8 Å². The summed E-state index contributed by atoms with van der Waals surface area (Å²) in [7, 11) is -1.58. The molecular weight excluding hydrogens is 455 g/mol. The van der Waals surface area contributed by atoms with Gasteiger partial charge in [0, 0.05) is 19.4 Å². The van der Waals surface area contributed by atoms with Crippen molar-refractivity contribution in [3.8, 4) is 0 Å². The number of hydrogen-bond acceptors (Lipinski definition) is 5. The van der Waals surface area contributed by atoms with Gasteiger partial charge >= 0.3 is 0 Å². The van der Waals surface area contributed by atoms with Gasteiger partial charge < -0.3 is 19.6 Å². The van der Waals surface area contributed by atoms with Crippen LogP contribution < -0.4 is 5.32 Å². The Morgan fingerprint density at radius 2 is 1.88 bits per heavy atom. The molecule has 178 valence electrons. The van der Waals surface area contributed by atoms with Gasteiger partial charge in [0.15, 0.2) is 0 Å². The van der Waals surface area contributed by atoms with Gasteiger partial charge in [-0.05, 0) is 35.6 Å². The van der Waals surface area contributed by atoms with Crippen LogP contribution in [-0.4, -0.2) is 34.8 Å². The normalized spacial score (nSPS) is 17.3. The van der Waals surface area contributed by atoms with Crippen LogP contribution in [0.2, 0.25) is 0 Å². The number of carbonyl (C=O) groups is 2. The summed E-state index contributed by atoms with van der Waals surface area (Å²) >= 11 is 3.80. The lowest BCUT2D eigenvalue weighted by atomic mass is 10.0. The predicted molar refractivity (Wildman–Crippen MR) is 138 cm³/mol. The topological polar surface area (TPSA) is 78.9 Å². The van der Waals surface area contributed by atoms with Gasteiger partial charge in [-0.3, -0.25) is 9.59 Å². The van der Waals surface area contributed by atoms with Crippen molar-refractivity contribution < 1.29 is 19.0 Å². The van der Waals surface area contributed by atoms with Crippen molar-refractivity contribution in [2.75, 3.05) is 13.2 Å². The number of rotatable bonds is 13. The van der Waals surface area contributed by atoms with Crippen molar-refractivity contribution in [2.45, 2.75) is 45.1 Å². The maximum absolute atomic E-state index is 13.1. The minimum Gasteiger partial charge on any atom is -0.356 e. The lowest BCUT2D eigenvalue weighted by molar-refractivity contribution is -0.132. The van der Waals surface area contributed by atoms with E-state index in [0.717, 1.165) is 42.4 Å². The van der Waals surface area contributed by atoms with Gasteiger partial charge in [0.2, 0.25) is 19.4 Å². The predicted octanol–water partition coefficient (Wildman–Crippen LogP) is 5.29. The maximum atomic E-state index is 13.1. The Hall–Kier alpha value is -2.18. The van der Waals surface area contributed by atoms with E-state index >= 15 is 0 Å². The van der Waals surface area contributed by atoms with Crippen LogP contribution in [0.4, 0.5) is 0 Å². The van der Waals surface area contributed by atoms with Crippen molar-refractivity contribution in [2.24, 2.45) is 0 Å². The van der Waals surface area contributed by atoms with Crippen molar-refractivity contribution in [3.63, 3.8) is 0 Å². The first-order valence-corrected chi connectivity index (χ1v) is 13.5. The highest BCUT2D eigenvalue weighted by atomic mass is 32.7. The molecule has 1 aliphatic rings. The van der Waals surface area contributed by atoms with Crippen LogP contribution >= 0.6 is 19.8 Å². The molecular formula is C25H33N2O4PS. The summed E-state index contributed by atoms with van der Waals surface area (Å²) in [6, 6.07) is 7.93. The zero-order chi connectivity index (χ0) is 24.1. The largest absolute Gasteiger partial charge is 0.356 e. The smallest absolute Gasteiger partial charge is 0.232 e. The molecule has 0 saturated carbocycles. The molecule has 8 heteroatoms. The van der Waals surface area contributed by atoms with Gasteiger partial charge in [0.25, 0.3) is 0 Å². The highest BCUT2D eigenvalue weighted by molar-refractivity contribution is 8.41. The zero-order valence-electron chi connectivity index (χ0n) is 18.9. The van der Waals surface area contributed by atoms with Gasteiger partial charge in [-0.25, -0.2) is 0 Å². The summed E-state index contributed by atoms with van der Waals surface area (Å²) in [4.78, 5) is 36.0. The Morgan fingerprint density at radius 3 is 2.61 bits per heavy atom. The molecule has 1 atom stereocenters.